The van der Waals surface area contributed by atoms with Crippen LogP contribution in [0.15, 0.2) is 103 Å². The van der Waals surface area contributed by atoms with Crippen LogP contribution < -0.4 is 24.8 Å². The molecule has 0 spiro atoms. The van der Waals surface area contributed by atoms with Crippen molar-refractivity contribution in [1.29, 1.82) is 0 Å². The van der Waals surface area contributed by atoms with Gasteiger partial charge in [-0.2, -0.15) is 0 Å². The molecule has 0 unspecified atom stereocenters. The second-order valence-electron chi connectivity index (χ2n) is 9.11. The van der Waals surface area contributed by atoms with Crippen molar-refractivity contribution in [3.63, 3.8) is 0 Å². The Bertz CT molecular complexity index is 1680. The van der Waals surface area contributed by atoms with Gasteiger partial charge in [-0.25, -0.2) is 0 Å². The number of hydrogen-bond acceptors (Lipinski definition) is 6. The lowest BCUT2D eigenvalue weighted by atomic mass is 10.1. The SMILES string of the molecule is COc1cc(OC)c(OC)cc1/C=C/C(=O)c1ccc(NC(=O)/C(=C/c2cccc(Cl)c2)NC(=O)c2ccccc2)cc1. The van der Waals surface area contributed by atoms with E-state index in [-0.39, 0.29) is 11.5 Å². The highest BCUT2D eigenvalue weighted by molar-refractivity contribution is 6.30. The molecule has 0 aliphatic carbocycles. The summed E-state index contributed by atoms with van der Waals surface area (Å²) in [6, 6.07) is 25.2. The Morgan fingerprint density at radius 2 is 1.40 bits per heavy atom. The van der Waals surface area contributed by atoms with Crippen LogP contribution in [-0.2, 0) is 4.79 Å². The molecule has 0 atom stereocenters. The van der Waals surface area contributed by atoms with Gasteiger partial charge in [0.2, 0.25) is 0 Å². The zero-order chi connectivity index (χ0) is 30.8. The molecular weight excluding hydrogens is 568 g/mol. The summed E-state index contributed by atoms with van der Waals surface area (Å²) in [6.45, 7) is 0. The van der Waals surface area contributed by atoms with Crippen molar-refractivity contribution in [2.75, 3.05) is 26.6 Å². The maximum absolute atomic E-state index is 13.3. The molecule has 0 aliphatic heterocycles. The van der Waals surface area contributed by atoms with Crippen molar-refractivity contribution in [3.05, 3.63) is 130 Å². The average molecular weight is 597 g/mol. The van der Waals surface area contributed by atoms with E-state index in [1.165, 1.54) is 33.5 Å². The molecule has 4 rings (SSSR count). The lowest BCUT2D eigenvalue weighted by Crippen LogP contribution is -2.30. The molecule has 0 saturated heterocycles. The van der Waals surface area contributed by atoms with Crippen LogP contribution in [0.5, 0.6) is 17.2 Å². The fraction of sp³-hybridized carbons (Fsp3) is 0.0882. The van der Waals surface area contributed by atoms with Crippen LogP contribution in [0.2, 0.25) is 5.02 Å². The third-order valence-electron chi connectivity index (χ3n) is 6.27. The molecule has 8 nitrogen and oxygen atoms in total. The number of rotatable bonds is 11. The highest BCUT2D eigenvalue weighted by Gasteiger charge is 2.16. The maximum atomic E-state index is 13.3. The molecule has 0 heterocycles. The highest BCUT2D eigenvalue weighted by atomic mass is 35.5. The van der Waals surface area contributed by atoms with Gasteiger partial charge in [0.05, 0.1) is 21.3 Å². The molecule has 9 heteroatoms. The third-order valence-corrected chi connectivity index (χ3v) is 6.50. The van der Waals surface area contributed by atoms with E-state index in [1.54, 1.807) is 97.1 Å². The summed E-state index contributed by atoms with van der Waals surface area (Å²) in [4.78, 5) is 39.0. The number of benzene rings is 4. The van der Waals surface area contributed by atoms with E-state index >= 15 is 0 Å². The Kier molecular flexibility index (Phi) is 10.3. The van der Waals surface area contributed by atoms with Gasteiger partial charge in [-0.05, 0) is 78.4 Å². The van der Waals surface area contributed by atoms with Crippen LogP contribution in [0.1, 0.15) is 31.8 Å². The van der Waals surface area contributed by atoms with Crippen LogP contribution in [0.25, 0.3) is 12.2 Å². The molecule has 0 saturated carbocycles. The molecule has 218 valence electrons. The fourth-order valence-corrected chi connectivity index (χ4v) is 4.27. The molecule has 2 N–H and O–H groups in total. The van der Waals surface area contributed by atoms with Gasteiger partial charge in [-0.15, -0.1) is 0 Å². The van der Waals surface area contributed by atoms with Crippen LogP contribution in [0, 0.1) is 0 Å². The van der Waals surface area contributed by atoms with Gasteiger partial charge in [-0.1, -0.05) is 41.9 Å². The average Bonchev–Trinajstić information content (AvgIpc) is 3.03. The summed E-state index contributed by atoms with van der Waals surface area (Å²) in [5.74, 6) is 0.267. The Labute approximate surface area is 254 Å². The van der Waals surface area contributed by atoms with Gasteiger partial charge in [0.25, 0.3) is 11.8 Å². The molecule has 0 aliphatic rings. The van der Waals surface area contributed by atoms with Crippen molar-refractivity contribution >= 4 is 47.0 Å². The van der Waals surface area contributed by atoms with Gasteiger partial charge >= 0.3 is 0 Å². The summed E-state index contributed by atoms with van der Waals surface area (Å²) in [5.41, 5.74) is 2.51. The number of ether oxygens (including phenoxy) is 3. The minimum Gasteiger partial charge on any atom is -0.496 e. The number of carbonyl (C=O) groups is 3. The number of methoxy groups -OCH3 is 3. The normalized spacial score (nSPS) is 11.1. The van der Waals surface area contributed by atoms with Crippen molar-refractivity contribution < 1.29 is 28.6 Å². The first-order valence-electron chi connectivity index (χ1n) is 13.1. The molecule has 0 bridgehead atoms. The zero-order valence-corrected chi connectivity index (χ0v) is 24.5. The number of halogens is 1. The van der Waals surface area contributed by atoms with Crippen molar-refractivity contribution in [2.45, 2.75) is 0 Å². The van der Waals surface area contributed by atoms with Gasteiger partial charge < -0.3 is 24.8 Å². The van der Waals surface area contributed by atoms with E-state index in [9.17, 15) is 14.4 Å². The molecular formula is C34H29ClN2O6. The molecule has 0 radical (unpaired) electrons. The second kappa shape index (κ2) is 14.5. The molecule has 2 amide bonds. The first kappa shape index (κ1) is 30.6. The first-order valence-corrected chi connectivity index (χ1v) is 13.5. The van der Waals surface area contributed by atoms with E-state index in [1.807, 2.05) is 0 Å². The topological polar surface area (TPSA) is 103 Å². The van der Waals surface area contributed by atoms with Crippen molar-refractivity contribution in [1.82, 2.24) is 5.32 Å². The molecule has 4 aromatic rings. The van der Waals surface area contributed by atoms with E-state index in [0.29, 0.717) is 50.2 Å². The monoisotopic (exact) mass is 596 g/mol. The number of anilines is 1. The summed E-state index contributed by atoms with van der Waals surface area (Å²) in [7, 11) is 4.58. The number of allylic oxidation sites excluding steroid dienone is 1. The minimum atomic E-state index is -0.552. The zero-order valence-electron chi connectivity index (χ0n) is 23.7. The highest BCUT2D eigenvalue weighted by Crippen LogP contribution is 2.35. The minimum absolute atomic E-state index is 0.0167. The Hall–Kier alpha value is -5.34. The number of ketones is 1. The Balaban J connectivity index is 1.50. The van der Waals surface area contributed by atoms with Crippen LogP contribution in [-0.4, -0.2) is 38.9 Å². The third kappa shape index (κ3) is 8.12. The summed E-state index contributed by atoms with van der Waals surface area (Å²) >= 11 is 6.11. The Morgan fingerprint density at radius 3 is 2.05 bits per heavy atom. The predicted molar refractivity (Wildman–Crippen MR) is 168 cm³/mol. The number of hydrogen-bond donors (Lipinski definition) is 2. The van der Waals surface area contributed by atoms with Crippen LogP contribution in [0.4, 0.5) is 5.69 Å². The van der Waals surface area contributed by atoms with Crippen molar-refractivity contribution in [3.8, 4) is 17.2 Å². The second-order valence-corrected chi connectivity index (χ2v) is 9.55. The quantitative estimate of drug-likeness (QED) is 0.148. The lowest BCUT2D eigenvalue weighted by Gasteiger charge is -2.12. The van der Waals surface area contributed by atoms with E-state index in [4.69, 9.17) is 25.8 Å². The van der Waals surface area contributed by atoms with Gasteiger partial charge in [0.1, 0.15) is 11.4 Å². The van der Waals surface area contributed by atoms with Crippen LogP contribution in [0.3, 0.4) is 0 Å². The van der Waals surface area contributed by atoms with E-state index in [2.05, 4.69) is 10.6 Å². The van der Waals surface area contributed by atoms with E-state index in [0.717, 1.165) is 0 Å². The van der Waals surface area contributed by atoms with E-state index < -0.39 is 11.8 Å². The molecule has 0 fully saturated rings. The van der Waals surface area contributed by atoms with Gasteiger partial charge in [0, 0.05) is 33.5 Å². The standard InChI is InChI=1S/C34H29ClN2O6/c1-41-30-21-32(43-3)31(42-2)20-25(30)14-17-29(38)23-12-15-27(16-13-23)36-34(40)28(19-22-8-7-11-26(35)18-22)37-33(39)24-9-5-4-6-10-24/h4-21H,1-3H3,(H,36,40)(H,37,39)/b17-14+,28-19-. The maximum Gasteiger partial charge on any atom is 0.272 e. The predicted octanol–water partition coefficient (Wildman–Crippen LogP) is 6.67. The van der Waals surface area contributed by atoms with Crippen molar-refractivity contribution in [2.24, 2.45) is 0 Å². The number of amides is 2. The molecule has 0 aromatic heterocycles. The summed E-state index contributed by atoms with van der Waals surface area (Å²) < 4.78 is 16.1. The summed E-state index contributed by atoms with van der Waals surface area (Å²) in [6.07, 6.45) is 4.58. The first-order chi connectivity index (χ1) is 20.8. The lowest BCUT2D eigenvalue weighted by molar-refractivity contribution is -0.113. The number of carbonyl (C=O) groups excluding carboxylic acids is 3. The largest absolute Gasteiger partial charge is 0.496 e. The summed E-state index contributed by atoms with van der Waals surface area (Å²) in [5, 5.41) is 5.94. The van der Waals surface area contributed by atoms with Gasteiger partial charge in [-0.3, -0.25) is 14.4 Å². The Morgan fingerprint density at radius 1 is 0.721 bits per heavy atom. The fourth-order valence-electron chi connectivity index (χ4n) is 4.07. The molecule has 4 aromatic carbocycles. The van der Waals surface area contributed by atoms with Gasteiger partial charge in [0.15, 0.2) is 17.3 Å². The number of nitrogens with one attached hydrogen (secondary N) is 2. The molecule has 43 heavy (non-hydrogen) atoms. The smallest absolute Gasteiger partial charge is 0.272 e. The van der Waals surface area contributed by atoms with Crippen LogP contribution >= 0.6 is 11.6 Å².